The van der Waals surface area contributed by atoms with Crippen molar-refractivity contribution in [2.24, 2.45) is 5.92 Å². The molecular formula is C29H36N2O4. The summed E-state index contributed by atoms with van der Waals surface area (Å²) in [7, 11) is 3.34. The summed E-state index contributed by atoms with van der Waals surface area (Å²) < 4.78 is 11.3. The summed E-state index contributed by atoms with van der Waals surface area (Å²) in [6.07, 6.45) is 6.30. The highest BCUT2D eigenvalue weighted by Crippen LogP contribution is 2.24. The Labute approximate surface area is 208 Å². The summed E-state index contributed by atoms with van der Waals surface area (Å²) >= 11 is 0. The SMILES string of the molecule is C=C/C(C)=C(\C=C/C(C)CN(C)C(=O)c1c(C=O)cccc1OCCNCc1ccccc1)OC. The maximum Gasteiger partial charge on any atom is 0.258 e. The number of amides is 1. The highest BCUT2D eigenvalue weighted by molar-refractivity contribution is 6.03. The Hall–Kier alpha value is -3.64. The van der Waals surface area contributed by atoms with E-state index < -0.39 is 0 Å². The van der Waals surface area contributed by atoms with Gasteiger partial charge in [-0.1, -0.05) is 68.1 Å². The van der Waals surface area contributed by atoms with Crippen LogP contribution in [-0.4, -0.2) is 50.9 Å². The molecule has 0 heterocycles. The number of hydrogen-bond donors (Lipinski definition) is 1. The lowest BCUT2D eigenvalue weighted by Gasteiger charge is -2.22. The van der Waals surface area contributed by atoms with Gasteiger partial charge in [0, 0.05) is 32.2 Å². The number of allylic oxidation sites excluding steroid dienone is 3. The summed E-state index contributed by atoms with van der Waals surface area (Å²) in [4.78, 5) is 26.6. The van der Waals surface area contributed by atoms with Crippen LogP contribution in [0.4, 0.5) is 0 Å². The van der Waals surface area contributed by atoms with Crippen molar-refractivity contribution in [2.75, 3.05) is 33.9 Å². The van der Waals surface area contributed by atoms with Gasteiger partial charge >= 0.3 is 0 Å². The molecule has 1 N–H and O–H groups in total. The maximum atomic E-state index is 13.3. The number of aldehydes is 1. The van der Waals surface area contributed by atoms with Crippen molar-refractivity contribution in [2.45, 2.75) is 20.4 Å². The molecule has 186 valence electrons. The number of methoxy groups -OCH3 is 1. The first-order valence-electron chi connectivity index (χ1n) is 11.7. The maximum absolute atomic E-state index is 13.3. The number of nitrogens with one attached hydrogen (secondary N) is 1. The van der Waals surface area contributed by atoms with Crippen LogP contribution in [-0.2, 0) is 11.3 Å². The van der Waals surface area contributed by atoms with Crippen LogP contribution in [0.1, 0.15) is 40.1 Å². The molecule has 2 aromatic carbocycles. The van der Waals surface area contributed by atoms with E-state index in [-0.39, 0.29) is 17.4 Å². The third kappa shape index (κ3) is 8.58. The predicted molar refractivity (Wildman–Crippen MR) is 141 cm³/mol. The van der Waals surface area contributed by atoms with Crippen LogP contribution in [0.2, 0.25) is 0 Å². The van der Waals surface area contributed by atoms with Gasteiger partial charge in [0.15, 0.2) is 6.29 Å². The van der Waals surface area contributed by atoms with E-state index in [1.54, 1.807) is 43.3 Å². The van der Waals surface area contributed by atoms with Gasteiger partial charge < -0.3 is 19.7 Å². The lowest BCUT2D eigenvalue weighted by atomic mass is 10.0. The average molecular weight is 477 g/mol. The Morgan fingerprint density at radius 3 is 2.57 bits per heavy atom. The Morgan fingerprint density at radius 2 is 1.91 bits per heavy atom. The van der Waals surface area contributed by atoms with E-state index in [0.717, 1.165) is 17.9 Å². The first-order valence-corrected chi connectivity index (χ1v) is 11.7. The van der Waals surface area contributed by atoms with Crippen LogP contribution in [0.15, 0.2) is 84.7 Å². The van der Waals surface area contributed by atoms with Crippen molar-refractivity contribution in [3.05, 3.63) is 101 Å². The van der Waals surface area contributed by atoms with Crippen molar-refractivity contribution in [3.63, 3.8) is 0 Å². The van der Waals surface area contributed by atoms with Gasteiger partial charge in [0.1, 0.15) is 18.1 Å². The monoisotopic (exact) mass is 476 g/mol. The molecule has 0 saturated carbocycles. The molecule has 2 rings (SSSR count). The second-order valence-corrected chi connectivity index (χ2v) is 8.33. The van der Waals surface area contributed by atoms with Crippen molar-refractivity contribution in [1.29, 1.82) is 0 Å². The zero-order valence-electron chi connectivity index (χ0n) is 21.1. The average Bonchev–Trinajstić information content (AvgIpc) is 2.88. The molecule has 0 bridgehead atoms. The second-order valence-electron chi connectivity index (χ2n) is 8.33. The molecule has 0 aliphatic rings. The van der Waals surface area contributed by atoms with E-state index in [0.29, 0.717) is 37.3 Å². The highest BCUT2D eigenvalue weighted by Gasteiger charge is 2.21. The van der Waals surface area contributed by atoms with Crippen LogP contribution in [0, 0.1) is 5.92 Å². The molecule has 1 unspecified atom stereocenters. The number of hydrogen-bond acceptors (Lipinski definition) is 5. The van der Waals surface area contributed by atoms with Gasteiger partial charge in [0.2, 0.25) is 0 Å². The van der Waals surface area contributed by atoms with Gasteiger partial charge in [-0.2, -0.15) is 0 Å². The molecule has 2 aromatic rings. The molecule has 1 atom stereocenters. The molecule has 6 nitrogen and oxygen atoms in total. The predicted octanol–water partition coefficient (Wildman–Crippen LogP) is 5.04. The number of benzene rings is 2. The van der Waals surface area contributed by atoms with Crippen LogP contribution < -0.4 is 10.1 Å². The number of carbonyl (C=O) groups excluding carboxylic acids is 2. The molecule has 6 heteroatoms. The zero-order valence-corrected chi connectivity index (χ0v) is 21.1. The Balaban J connectivity index is 2.03. The smallest absolute Gasteiger partial charge is 0.258 e. The van der Waals surface area contributed by atoms with Gasteiger partial charge in [-0.3, -0.25) is 9.59 Å². The van der Waals surface area contributed by atoms with Crippen molar-refractivity contribution in [1.82, 2.24) is 10.2 Å². The van der Waals surface area contributed by atoms with Crippen LogP contribution in [0.5, 0.6) is 5.75 Å². The molecule has 35 heavy (non-hydrogen) atoms. The van der Waals surface area contributed by atoms with E-state index in [1.807, 2.05) is 44.2 Å². The normalized spacial score (nSPS) is 12.6. The van der Waals surface area contributed by atoms with E-state index in [4.69, 9.17) is 9.47 Å². The lowest BCUT2D eigenvalue weighted by molar-refractivity contribution is 0.0776. The lowest BCUT2D eigenvalue weighted by Crippen LogP contribution is -2.32. The topological polar surface area (TPSA) is 67.9 Å². The van der Waals surface area contributed by atoms with Crippen LogP contribution in [0.3, 0.4) is 0 Å². The standard InChI is InChI=1S/C29H36N2O4/c1-6-23(3)26(34-5)16-15-22(2)20-31(4)29(33)28-25(21-32)13-10-14-27(28)35-18-17-30-19-24-11-8-7-9-12-24/h6-16,21-22,30H,1,17-20H2,2-5H3/b16-15-,26-23+. The molecule has 0 spiro atoms. The Morgan fingerprint density at radius 1 is 1.17 bits per heavy atom. The first kappa shape index (κ1) is 27.6. The summed E-state index contributed by atoms with van der Waals surface area (Å²) in [5.41, 5.74) is 2.71. The summed E-state index contributed by atoms with van der Waals surface area (Å²) in [6, 6.07) is 15.2. The van der Waals surface area contributed by atoms with Gasteiger partial charge in [-0.25, -0.2) is 0 Å². The number of nitrogens with zero attached hydrogens (tertiary/aromatic N) is 1. The van der Waals surface area contributed by atoms with E-state index in [2.05, 4.69) is 24.0 Å². The molecule has 0 aromatic heterocycles. The van der Waals surface area contributed by atoms with Gasteiger partial charge in [0.05, 0.1) is 12.7 Å². The molecule has 1 amide bonds. The van der Waals surface area contributed by atoms with Gasteiger partial charge in [0.25, 0.3) is 5.91 Å². The van der Waals surface area contributed by atoms with Crippen molar-refractivity contribution < 1.29 is 19.1 Å². The summed E-state index contributed by atoms with van der Waals surface area (Å²) in [5.74, 6) is 0.928. The fourth-order valence-corrected chi connectivity index (χ4v) is 3.54. The molecule has 0 aliphatic carbocycles. The third-order valence-corrected chi connectivity index (χ3v) is 5.51. The fraction of sp³-hybridized carbons (Fsp3) is 0.310. The zero-order chi connectivity index (χ0) is 25.6. The van der Waals surface area contributed by atoms with Crippen molar-refractivity contribution >= 4 is 12.2 Å². The van der Waals surface area contributed by atoms with E-state index >= 15 is 0 Å². The Bertz CT molecular complexity index is 1040. The van der Waals surface area contributed by atoms with Crippen molar-refractivity contribution in [3.8, 4) is 5.75 Å². The second kappa shape index (κ2) is 14.6. The first-order chi connectivity index (χ1) is 16.9. The minimum absolute atomic E-state index is 0.0571. The molecule has 0 radical (unpaired) electrons. The number of carbonyl (C=O) groups is 2. The number of rotatable bonds is 14. The number of ether oxygens (including phenoxy) is 2. The molecule has 0 saturated heterocycles. The minimum atomic E-state index is -0.259. The Kier molecular flexibility index (Phi) is 11.5. The molecule has 0 fully saturated rings. The highest BCUT2D eigenvalue weighted by atomic mass is 16.5. The largest absolute Gasteiger partial charge is 0.497 e. The quantitative estimate of drug-likeness (QED) is 0.179. The molecular weight excluding hydrogens is 440 g/mol. The third-order valence-electron chi connectivity index (χ3n) is 5.51. The van der Waals surface area contributed by atoms with E-state index in [1.165, 1.54) is 5.56 Å². The minimum Gasteiger partial charge on any atom is -0.497 e. The summed E-state index contributed by atoms with van der Waals surface area (Å²) in [5, 5.41) is 3.32. The fourth-order valence-electron chi connectivity index (χ4n) is 3.54. The van der Waals surface area contributed by atoms with Gasteiger partial charge in [-0.15, -0.1) is 0 Å². The van der Waals surface area contributed by atoms with Crippen LogP contribution >= 0.6 is 0 Å². The van der Waals surface area contributed by atoms with Gasteiger partial charge in [-0.05, 0) is 36.1 Å². The summed E-state index contributed by atoms with van der Waals surface area (Å²) in [6.45, 7) is 9.86. The molecule has 0 aliphatic heterocycles. The van der Waals surface area contributed by atoms with E-state index in [9.17, 15) is 9.59 Å². The van der Waals surface area contributed by atoms with Crippen LogP contribution in [0.25, 0.3) is 0 Å².